The lowest BCUT2D eigenvalue weighted by molar-refractivity contribution is 0.309. The molecule has 2 N–H and O–H groups in total. The highest BCUT2D eigenvalue weighted by atomic mass is 35.5. The Labute approximate surface area is 147 Å². The Morgan fingerprint density at radius 2 is 2.20 bits per heavy atom. The van der Waals surface area contributed by atoms with Gasteiger partial charge in [-0.2, -0.15) is 4.98 Å². The maximum atomic E-state index is 12.0. The predicted molar refractivity (Wildman–Crippen MR) is 97.0 cm³/mol. The molecule has 1 aromatic carbocycles. The molecule has 126 valence electrons. The molecule has 0 bridgehead atoms. The first-order chi connectivity index (χ1) is 12.2. The second-order valence-corrected chi connectivity index (χ2v) is 5.50. The lowest BCUT2D eigenvalue weighted by Crippen LogP contribution is -2.22. The SMILES string of the molecule is N=CC(C=NCc1ccccc1Cl)Oc1nc2cnccc2c(=O)[nH]1. The van der Waals surface area contributed by atoms with Crippen molar-refractivity contribution in [3.05, 3.63) is 63.7 Å². The third-order valence-electron chi connectivity index (χ3n) is 3.37. The molecule has 7 nitrogen and oxygen atoms in total. The number of pyridine rings is 1. The van der Waals surface area contributed by atoms with Crippen LogP contribution >= 0.6 is 11.6 Å². The minimum Gasteiger partial charge on any atom is -0.450 e. The van der Waals surface area contributed by atoms with Crippen LogP contribution in [0.25, 0.3) is 10.9 Å². The molecule has 3 rings (SSSR count). The zero-order valence-corrected chi connectivity index (χ0v) is 13.8. The number of nitrogens with zero attached hydrogens (tertiary/aromatic N) is 3. The van der Waals surface area contributed by atoms with E-state index in [1.54, 1.807) is 12.1 Å². The van der Waals surface area contributed by atoms with Gasteiger partial charge in [0.05, 0.1) is 23.6 Å². The summed E-state index contributed by atoms with van der Waals surface area (Å²) in [6.45, 7) is 0.360. The smallest absolute Gasteiger partial charge is 0.298 e. The zero-order valence-electron chi connectivity index (χ0n) is 13.0. The molecule has 3 aromatic rings. The van der Waals surface area contributed by atoms with Gasteiger partial charge in [0.15, 0.2) is 6.10 Å². The number of nitrogens with one attached hydrogen (secondary N) is 2. The van der Waals surface area contributed by atoms with E-state index in [1.165, 1.54) is 18.6 Å². The molecule has 1 atom stereocenters. The molecule has 2 aromatic heterocycles. The molecular formula is C17H14ClN5O2. The summed E-state index contributed by atoms with van der Waals surface area (Å²) < 4.78 is 5.50. The number of halogens is 1. The summed E-state index contributed by atoms with van der Waals surface area (Å²) in [5.74, 6) is 0. The van der Waals surface area contributed by atoms with E-state index in [2.05, 4.69) is 19.9 Å². The van der Waals surface area contributed by atoms with Crippen molar-refractivity contribution in [2.75, 3.05) is 0 Å². The average Bonchev–Trinajstić information content (AvgIpc) is 2.62. The monoisotopic (exact) mass is 355 g/mol. The summed E-state index contributed by atoms with van der Waals surface area (Å²) in [5.41, 5.74) is 0.949. The van der Waals surface area contributed by atoms with Gasteiger partial charge >= 0.3 is 0 Å². The lowest BCUT2D eigenvalue weighted by Gasteiger charge is -2.09. The Morgan fingerprint density at radius 1 is 1.36 bits per heavy atom. The average molecular weight is 356 g/mol. The number of aliphatic imine (C=N–C) groups is 1. The van der Waals surface area contributed by atoms with E-state index < -0.39 is 6.10 Å². The molecule has 1 unspecified atom stereocenters. The van der Waals surface area contributed by atoms with Gasteiger partial charge in [-0.25, -0.2) is 0 Å². The standard InChI is InChI=1S/C17H14ClN5O2/c18-14-4-2-1-3-11(14)8-21-9-12(7-19)25-17-22-15-10-20-6-5-13(15)16(24)23-17/h1-7,9-10,12,19H,8H2,(H,22,23,24). The van der Waals surface area contributed by atoms with Gasteiger partial charge in [-0.1, -0.05) is 29.8 Å². The lowest BCUT2D eigenvalue weighted by atomic mass is 10.2. The van der Waals surface area contributed by atoms with E-state index in [0.29, 0.717) is 22.5 Å². The first kappa shape index (κ1) is 16.8. The number of ether oxygens (including phenoxy) is 1. The summed E-state index contributed by atoms with van der Waals surface area (Å²) >= 11 is 6.07. The number of fused-ring (bicyclic) bond motifs is 1. The van der Waals surface area contributed by atoms with Crippen LogP contribution in [0.5, 0.6) is 6.01 Å². The van der Waals surface area contributed by atoms with Crippen LogP contribution < -0.4 is 10.3 Å². The molecule has 0 saturated carbocycles. The van der Waals surface area contributed by atoms with Crippen molar-refractivity contribution >= 4 is 34.9 Å². The molecule has 25 heavy (non-hydrogen) atoms. The van der Waals surface area contributed by atoms with E-state index in [0.717, 1.165) is 11.8 Å². The molecule has 0 radical (unpaired) electrons. The Kier molecular flexibility index (Phi) is 5.15. The molecule has 0 fully saturated rings. The highest BCUT2D eigenvalue weighted by Crippen LogP contribution is 2.15. The number of hydrogen-bond acceptors (Lipinski definition) is 6. The summed E-state index contributed by atoms with van der Waals surface area (Å²) in [5, 5.41) is 8.49. The van der Waals surface area contributed by atoms with Crippen LogP contribution in [-0.4, -0.2) is 33.5 Å². The van der Waals surface area contributed by atoms with Crippen LogP contribution in [0, 0.1) is 5.41 Å². The van der Waals surface area contributed by atoms with Crippen molar-refractivity contribution in [1.82, 2.24) is 15.0 Å². The molecule has 0 saturated heterocycles. The molecule has 0 aliphatic carbocycles. The molecule has 0 spiro atoms. The van der Waals surface area contributed by atoms with E-state index in [9.17, 15) is 4.79 Å². The van der Waals surface area contributed by atoms with Gasteiger partial charge in [-0.3, -0.25) is 19.8 Å². The Bertz CT molecular complexity index is 986. The number of aromatic amines is 1. The highest BCUT2D eigenvalue weighted by molar-refractivity contribution is 6.31. The summed E-state index contributed by atoms with van der Waals surface area (Å²) in [4.78, 5) is 26.9. The van der Waals surface area contributed by atoms with Crippen LogP contribution in [0.15, 0.2) is 52.5 Å². The number of H-pyrrole nitrogens is 1. The van der Waals surface area contributed by atoms with Gasteiger partial charge in [0.2, 0.25) is 0 Å². The van der Waals surface area contributed by atoms with Crippen molar-refractivity contribution in [2.24, 2.45) is 4.99 Å². The Morgan fingerprint density at radius 3 is 3.00 bits per heavy atom. The zero-order chi connectivity index (χ0) is 17.6. The molecular weight excluding hydrogens is 342 g/mol. The number of hydrogen-bond donors (Lipinski definition) is 2. The second-order valence-electron chi connectivity index (χ2n) is 5.09. The van der Waals surface area contributed by atoms with Crippen LogP contribution in [0.3, 0.4) is 0 Å². The first-order valence-corrected chi connectivity index (χ1v) is 7.80. The maximum absolute atomic E-state index is 12.0. The van der Waals surface area contributed by atoms with E-state index in [4.69, 9.17) is 21.7 Å². The topological polar surface area (TPSA) is 104 Å². The minimum absolute atomic E-state index is 0.00296. The van der Waals surface area contributed by atoms with Crippen LogP contribution in [-0.2, 0) is 6.54 Å². The van der Waals surface area contributed by atoms with Crippen LogP contribution in [0.1, 0.15) is 5.56 Å². The normalized spacial score (nSPS) is 12.4. The Hall–Kier alpha value is -3.06. The van der Waals surface area contributed by atoms with Gasteiger partial charge in [0.1, 0.15) is 0 Å². The minimum atomic E-state index is -0.764. The fraction of sp³-hybridized carbons (Fsp3) is 0.118. The third-order valence-corrected chi connectivity index (χ3v) is 3.74. The molecule has 0 aliphatic heterocycles. The maximum Gasteiger partial charge on any atom is 0.298 e. The van der Waals surface area contributed by atoms with Gasteiger partial charge in [0.25, 0.3) is 11.6 Å². The summed E-state index contributed by atoms with van der Waals surface area (Å²) in [6, 6.07) is 8.95. The molecule has 8 heteroatoms. The quantitative estimate of drug-likeness (QED) is 0.663. The van der Waals surface area contributed by atoms with Crippen molar-refractivity contribution in [3.8, 4) is 6.01 Å². The van der Waals surface area contributed by atoms with Crippen LogP contribution in [0.2, 0.25) is 5.02 Å². The largest absolute Gasteiger partial charge is 0.450 e. The van der Waals surface area contributed by atoms with Crippen molar-refractivity contribution in [1.29, 1.82) is 5.41 Å². The van der Waals surface area contributed by atoms with Gasteiger partial charge < -0.3 is 10.1 Å². The van der Waals surface area contributed by atoms with Gasteiger partial charge in [-0.05, 0) is 17.7 Å². The van der Waals surface area contributed by atoms with Crippen molar-refractivity contribution in [3.63, 3.8) is 0 Å². The van der Waals surface area contributed by atoms with Crippen molar-refractivity contribution in [2.45, 2.75) is 12.6 Å². The van der Waals surface area contributed by atoms with E-state index >= 15 is 0 Å². The highest BCUT2D eigenvalue weighted by Gasteiger charge is 2.09. The fourth-order valence-corrected chi connectivity index (χ4v) is 2.34. The summed E-state index contributed by atoms with van der Waals surface area (Å²) in [7, 11) is 0. The van der Waals surface area contributed by atoms with Gasteiger partial charge in [-0.15, -0.1) is 0 Å². The number of rotatable bonds is 6. The third kappa shape index (κ3) is 4.07. The predicted octanol–water partition coefficient (Wildman–Crippen LogP) is 2.64. The second kappa shape index (κ2) is 7.67. The number of aromatic nitrogens is 3. The fourth-order valence-electron chi connectivity index (χ4n) is 2.14. The van der Waals surface area contributed by atoms with Crippen molar-refractivity contribution < 1.29 is 4.74 Å². The first-order valence-electron chi connectivity index (χ1n) is 7.42. The van der Waals surface area contributed by atoms with E-state index in [1.807, 2.05) is 18.2 Å². The molecule has 2 heterocycles. The summed E-state index contributed by atoms with van der Waals surface area (Å²) in [6.07, 6.45) is 4.75. The van der Waals surface area contributed by atoms with Crippen LogP contribution in [0.4, 0.5) is 0 Å². The van der Waals surface area contributed by atoms with E-state index in [-0.39, 0.29) is 11.6 Å². The Balaban J connectivity index is 1.74. The number of benzene rings is 1. The molecule has 0 aliphatic rings. The molecule has 0 amide bonds. The van der Waals surface area contributed by atoms with Gasteiger partial charge in [0, 0.05) is 23.6 Å².